The zero-order valence-electron chi connectivity index (χ0n) is 33.3. The van der Waals surface area contributed by atoms with Crippen molar-refractivity contribution in [1.82, 2.24) is 19.9 Å². The van der Waals surface area contributed by atoms with Gasteiger partial charge in [-0.2, -0.15) is 18.3 Å². The van der Waals surface area contributed by atoms with Gasteiger partial charge >= 0.3 is 25.7 Å². The molecule has 14 nitrogen and oxygen atoms in total. The van der Waals surface area contributed by atoms with Crippen molar-refractivity contribution in [2.75, 3.05) is 4.90 Å². The third kappa shape index (κ3) is 14.2. The van der Waals surface area contributed by atoms with Gasteiger partial charge in [0, 0.05) is 65.6 Å². The van der Waals surface area contributed by atoms with E-state index in [1.807, 2.05) is 89.8 Å². The number of benzene rings is 3. The number of para-hydroxylation sites is 1. The van der Waals surface area contributed by atoms with E-state index < -0.39 is 17.6 Å². The summed E-state index contributed by atoms with van der Waals surface area (Å²) in [5.74, 6) is 0.760. The number of aromatic nitrogens is 4. The summed E-state index contributed by atoms with van der Waals surface area (Å²) < 4.78 is 52.8. The number of anilines is 3. The van der Waals surface area contributed by atoms with Gasteiger partial charge in [-0.15, -0.1) is 5.70 Å². The Hall–Kier alpha value is -8.11. The zero-order chi connectivity index (χ0) is 45.9. The Morgan fingerprint density at radius 1 is 0.631 bits per heavy atom. The van der Waals surface area contributed by atoms with Gasteiger partial charge in [0.15, 0.2) is 0 Å². The molecule has 0 bridgehead atoms. The van der Waals surface area contributed by atoms with E-state index >= 15 is 0 Å². The first-order valence-electron chi connectivity index (χ1n) is 18.3. The van der Waals surface area contributed by atoms with Crippen LogP contribution < -0.4 is 19.1 Å². The van der Waals surface area contributed by atoms with E-state index in [0.29, 0.717) is 47.5 Å². The van der Waals surface area contributed by atoms with Crippen molar-refractivity contribution in [3.8, 4) is 51.2 Å². The van der Waals surface area contributed by atoms with Gasteiger partial charge in [0.1, 0.15) is 23.0 Å². The maximum Gasteiger partial charge on any atom is 2.00 e. The summed E-state index contributed by atoms with van der Waals surface area (Å²) in [6, 6.07) is 39.7. The SMILES string of the molecule is N=C(/C=C(\[NH-])c1cc(N(c2ccccc2)c2ccc(-c3ccccc3)cc2)ccn1)C(F)(F)F.O=COc1ccnc(-c2cc(OC=O)cc(-c3cc(OC=O)ccn3)n2)c1.[N-]=C=S.[Ru+2]. The van der Waals surface area contributed by atoms with Crippen molar-refractivity contribution in [1.29, 1.82) is 5.41 Å². The molecule has 0 unspecified atom stereocenters. The van der Waals surface area contributed by atoms with Crippen molar-refractivity contribution < 1.29 is 61.2 Å². The summed E-state index contributed by atoms with van der Waals surface area (Å²) >= 11 is 3.70. The number of nitrogens with one attached hydrogen (secondary N) is 2. The quantitative estimate of drug-likeness (QED) is 0.0468. The zero-order valence-corrected chi connectivity index (χ0v) is 35.8. The number of allylic oxidation sites excluding steroid dienone is 1. The number of pyridine rings is 4. The van der Waals surface area contributed by atoms with E-state index in [0.717, 1.165) is 22.5 Å². The molecule has 0 radical (unpaired) electrons. The number of rotatable bonds is 14. The van der Waals surface area contributed by atoms with E-state index in [2.05, 4.69) is 32.2 Å². The Kier molecular flexibility index (Phi) is 18.7. The fourth-order valence-corrected chi connectivity index (χ4v) is 5.72. The van der Waals surface area contributed by atoms with Gasteiger partial charge in [-0.05, 0) is 65.7 Å². The molecule has 0 saturated heterocycles. The molecule has 4 heterocycles. The Morgan fingerprint density at radius 2 is 1.08 bits per heavy atom. The van der Waals surface area contributed by atoms with Gasteiger partial charge in [0.05, 0.1) is 22.8 Å². The van der Waals surface area contributed by atoms with Crippen molar-refractivity contribution >= 4 is 65.3 Å². The van der Waals surface area contributed by atoms with Crippen LogP contribution in [0.15, 0.2) is 158 Å². The number of nitrogens with zero attached hydrogens (tertiary/aromatic N) is 6. The van der Waals surface area contributed by atoms with Crippen LogP contribution in [0.25, 0.3) is 50.7 Å². The van der Waals surface area contributed by atoms with E-state index in [4.69, 9.17) is 30.8 Å². The molecular formula is C46H31F3N8O6RuS. The van der Waals surface area contributed by atoms with Crippen LogP contribution in [0.4, 0.5) is 30.2 Å². The van der Waals surface area contributed by atoms with Crippen LogP contribution in [0, 0.1) is 5.41 Å². The third-order valence-corrected chi connectivity index (χ3v) is 8.46. The number of hydrogen-bond donors (Lipinski definition) is 1. The molecule has 326 valence electrons. The maximum atomic E-state index is 12.7. The maximum absolute atomic E-state index is 12.7. The van der Waals surface area contributed by atoms with Gasteiger partial charge in [0.2, 0.25) is 0 Å². The predicted octanol–water partition coefficient (Wildman–Crippen LogP) is 10.7. The molecular weight excluding hydrogens is 951 g/mol. The molecule has 0 fully saturated rings. The van der Waals surface area contributed by atoms with Gasteiger partial charge < -0.3 is 30.3 Å². The number of halogens is 3. The second-order valence-electron chi connectivity index (χ2n) is 12.5. The van der Waals surface area contributed by atoms with Crippen molar-refractivity contribution in [2.45, 2.75) is 6.18 Å². The smallest absolute Gasteiger partial charge is 0.753 e. The summed E-state index contributed by atoms with van der Waals surface area (Å²) in [5.41, 5.74) is 11.9. The average molecular weight is 982 g/mol. The molecule has 0 aliphatic rings. The minimum Gasteiger partial charge on any atom is -0.753 e. The number of carbonyl (C=O) groups excluding carboxylic acids is 3. The summed E-state index contributed by atoms with van der Waals surface area (Å²) in [6.45, 7) is 0.875. The summed E-state index contributed by atoms with van der Waals surface area (Å²) in [7, 11) is 0. The molecule has 0 spiro atoms. The van der Waals surface area contributed by atoms with E-state index in [-0.39, 0.29) is 48.9 Å². The first-order chi connectivity index (χ1) is 31.0. The van der Waals surface area contributed by atoms with Gasteiger partial charge in [-0.3, -0.25) is 34.7 Å². The minimum absolute atomic E-state index is 0. The fraction of sp³-hybridized carbons (Fsp3) is 0.0217. The number of alkyl halides is 3. The Labute approximate surface area is 387 Å². The van der Waals surface area contributed by atoms with Crippen LogP contribution in [-0.4, -0.2) is 56.4 Å². The third-order valence-electron chi connectivity index (χ3n) is 8.46. The van der Waals surface area contributed by atoms with Crippen LogP contribution in [0.3, 0.4) is 0 Å². The average Bonchev–Trinajstić information content (AvgIpc) is 3.31. The molecule has 2 N–H and O–H groups in total. The van der Waals surface area contributed by atoms with Gasteiger partial charge in [-0.25, -0.2) is 4.98 Å². The summed E-state index contributed by atoms with van der Waals surface area (Å²) in [5, 5.41) is 15.6. The molecule has 7 aromatic rings. The minimum atomic E-state index is -4.82. The molecule has 0 aliphatic heterocycles. The van der Waals surface area contributed by atoms with Crippen LogP contribution >= 0.6 is 12.2 Å². The second-order valence-corrected chi connectivity index (χ2v) is 12.7. The fourth-order valence-electron chi connectivity index (χ4n) is 5.72. The van der Waals surface area contributed by atoms with Crippen LogP contribution in [-0.2, 0) is 33.9 Å². The number of carbonyl (C=O) groups is 3. The first kappa shape index (κ1) is 49.5. The first-order valence-corrected chi connectivity index (χ1v) is 18.7. The Balaban J connectivity index is 0.000000270. The molecule has 0 saturated carbocycles. The van der Waals surface area contributed by atoms with E-state index in [1.165, 1.54) is 60.1 Å². The number of thiocarbonyl (C=S) groups is 1. The summed E-state index contributed by atoms with van der Waals surface area (Å²) in [6.07, 6.45) is -0.0220. The number of ether oxygens (including phenoxy) is 3. The molecule has 65 heavy (non-hydrogen) atoms. The number of isothiocyanates is 1. The van der Waals surface area contributed by atoms with Crippen LogP contribution in [0.1, 0.15) is 5.69 Å². The van der Waals surface area contributed by atoms with Crippen molar-refractivity contribution in [2.24, 2.45) is 0 Å². The normalized spacial score (nSPS) is 10.4. The van der Waals surface area contributed by atoms with Crippen LogP contribution in [0.2, 0.25) is 0 Å². The molecule has 0 aliphatic carbocycles. The molecule has 0 amide bonds. The molecule has 3 aromatic carbocycles. The molecule has 7 rings (SSSR count). The van der Waals surface area contributed by atoms with E-state index in [1.54, 1.807) is 12.1 Å². The largest absolute Gasteiger partial charge is 2.00 e. The van der Waals surface area contributed by atoms with Crippen LogP contribution in [0.5, 0.6) is 17.2 Å². The second kappa shape index (κ2) is 24.5. The Bertz CT molecular complexity index is 2710. The topological polar surface area (TPSA) is 204 Å². The number of hydrogen-bond acceptors (Lipinski definition) is 13. The van der Waals surface area contributed by atoms with E-state index in [9.17, 15) is 27.6 Å². The van der Waals surface area contributed by atoms with Crippen molar-refractivity contribution in [3.05, 3.63) is 175 Å². The summed E-state index contributed by atoms with van der Waals surface area (Å²) in [4.78, 5) is 50.6. The van der Waals surface area contributed by atoms with Gasteiger partial charge in [0.25, 0.3) is 19.4 Å². The predicted molar refractivity (Wildman–Crippen MR) is 237 cm³/mol. The standard InChI is InChI=1S/C27H20F3N4.C18H11N3O6.CNS.Ru/c28-27(29,30)26(32)18-24(31)25-17-23(15-16-33-25)34(21-9-5-2-6-10-21)22-13-11-20(12-14-22)19-7-3-1-4-8-19;22-9-25-12-1-3-19-15(5-12)17-7-14(27-11-24)8-18(21-17)16-6-13(26-10-23)2-4-20-16;2-1-3;/h1-18,31-32H;1-11H;;/q-1;;-1;+2/b24-18-,32-26?;;;. The van der Waals surface area contributed by atoms with Crippen molar-refractivity contribution in [3.63, 3.8) is 0 Å². The molecule has 19 heteroatoms. The molecule has 4 aromatic heterocycles. The Morgan fingerprint density at radius 3 is 1.58 bits per heavy atom. The monoisotopic (exact) mass is 982 g/mol. The molecule has 0 atom stereocenters. The van der Waals surface area contributed by atoms with Gasteiger partial charge in [-0.1, -0.05) is 72.9 Å².